The van der Waals surface area contributed by atoms with Crippen molar-refractivity contribution in [2.75, 3.05) is 4.90 Å². The van der Waals surface area contributed by atoms with Crippen LogP contribution in [0.15, 0.2) is 170 Å². The Bertz CT molecular complexity index is 3030. The molecule has 52 heavy (non-hydrogen) atoms. The second kappa shape index (κ2) is 11.4. The molecule has 0 saturated carbocycles. The predicted molar refractivity (Wildman–Crippen MR) is 218 cm³/mol. The number of hydrogen-bond donors (Lipinski definition) is 0. The molecule has 4 nitrogen and oxygen atoms in total. The van der Waals surface area contributed by atoms with Crippen molar-refractivity contribution in [3.05, 3.63) is 170 Å². The van der Waals surface area contributed by atoms with Crippen molar-refractivity contribution in [3.63, 3.8) is 0 Å². The van der Waals surface area contributed by atoms with Crippen molar-refractivity contribution >= 4 is 70.1 Å². The van der Waals surface area contributed by atoms with Crippen molar-refractivity contribution in [2.45, 2.75) is 0 Å². The summed E-state index contributed by atoms with van der Waals surface area (Å²) in [5.74, 6) is 1.92. The maximum Gasteiger partial charge on any atom is 0.166 e. The van der Waals surface area contributed by atoms with E-state index in [9.17, 15) is 0 Å². The highest BCUT2D eigenvalue weighted by molar-refractivity contribution is 7.25. The first kappa shape index (κ1) is 29.1. The van der Waals surface area contributed by atoms with Gasteiger partial charge in [0.15, 0.2) is 17.5 Å². The van der Waals surface area contributed by atoms with E-state index in [4.69, 9.17) is 15.0 Å². The molecule has 242 valence electrons. The lowest BCUT2D eigenvalue weighted by molar-refractivity contribution is 1.07. The second-order valence-electron chi connectivity index (χ2n) is 13.2. The van der Waals surface area contributed by atoms with Crippen LogP contribution in [0.25, 0.3) is 87.0 Å². The molecule has 0 bridgehead atoms. The van der Waals surface area contributed by atoms with E-state index in [1.165, 1.54) is 52.8 Å². The Morgan fingerprint density at radius 3 is 1.94 bits per heavy atom. The van der Waals surface area contributed by atoms with Crippen molar-refractivity contribution in [3.8, 4) is 45.3 Å². The normalized spacial score (nSPS) is 12.2. The van der Waals surface area contributed by atoms with Crippen LogP contribution in [0.4, 0.5) is 17.1 Å². The van der Waals surface area contributed by atoms with E-state index in [0.29, 0.717) is 17.5 Å². The van der Waals surface area contributed by atoms with E-state index in [-0.39, 0.29) is 0 Å². The van der Waals surface area contributed by atoms with Gasteiger partial charge in [-0.25, -0.2) is 15.0 Å². The summed E-state index contributed by atoms with van der Waals surface area (Å²) in [5.41, 5.74) is 8.60. The molecule has 8 aromatic carbocycles. The standard InChI is InChI=1S/C47H28N4S/c1-2-13-31(14-3-1)45-48-46(32-24-26-35-34-18-7-9-23-41(34)52-42(35)28-32)50-47(49-45)36-19-6-8-21-38(36)51-39-22-11-16-30-15-10-20-37(43(30)39)44-33-17-5-4-12-29(33)25-27-40(44)51/h1-28H. The van der Waals surface area contributed by atoms with E-state index < -0.39 is 0 Å². The summed E-state index contributed by atoms with van der Waals surface area (Å²) in [5, 5.41) is 7.42. The highest BCUT2D eigenvalue weighted by Crippen LogP contribution is 2.54. The number of fused-ring (bicyclic) bond motifs is 7. The highest BCUT2D eigenvalue weighted by atomic mass is 32.1. The largest absolute Gasteiger partial charge is 0.308 e. The highest BCUT2D eigenvalue weighted by Gasteiger charge is 2.29. The minimum Gasteiger partial charge on any atom is -0.308 e. The number of nitrogens with zero attached hydrogens (tertiary/aromatic N) is 4. The molecule has 0 radical (unpaired) electrons. The lowest BCUT2D eigenvalue weighted by Crippen LogP contribution is -2.16. The Labute approximate surface area is 303 Å². The molecular formula is C47H28N4S. The molecule has 0 atom stereocenters. The van der Waals surface area contributed by atoms with Crippen molar-refractivity contribution < 1.29 is 0 Å². The van der Waals surface area contributed by atoms with Crippen LogP contribution in [0, 0.1) is 0 Å². The third kappa shape index (κ3) is 4.43. The number of rotatable bonds is 4. The smallest absolute Gasteiger partial charge is 0.166 e. The number of para-hydroxylation sites is 1. The summed E-state index contributed by atoms with van der Waals surface area (Å²) in [6, 6.07) is 60.3. The molecule has 0 N–H and O–H groups in total. The predicted octanol–water partition coefficient (Wildman–Crippen LogP) is 13.0. The fraction of sp³-hybridized carbons (Fsp3) is 0. The summed E-state index contributed by atoms with van der Waals surface area (Å²) >= 11 is 1.80. The average molecular weight is 681 g/mol. The molecule has 0 spiro atoms. The van der Waals surface area contributed by atoms with E-state index in [2.05, 4.69) is 157 Å². The summed E-state index contributed by atoms with van der Waals surface area (Å²) in [6.45, 7) is 0. The van der Waals surface area contributed by atoms with Gasteiger partial charge in [0, 0.05) is 47.8 Å². The van der Waals surface area contributed by atoms with Crippen LogP contribution in [-0.2, 0) is 0 Å². The first-order valence-corrected chi connectivity index (χ1v) is 18.3. The Kier molecular flexibility index (Phi) is 6.39. The fourth-order valence-electron chi connectivity index (χ4n) is 7.90. The quantitative estimate of drug-likeness (QED) is 0.186. The molecule has 1 aliphatic rings. The zero-order chi connectivity index (χ0) is 34.2. The number of thiophene rings is 1. The Balaban J connectivity index is 1.16. The van der Waals surface area contributed by atoms with Gasteiger partial charge in [0.2, 0.25) is 0 Å². The minimum absolute atomic E-state index is 0.629. The van der Waals surface area contributed by atoms with E-state index in [1.807, 2.05) is 18.2 Å². The molecule has 0 fully saturated rings. The SMILES string of the molecule is c1ccc(-c2nc(-c3ccc4c(c3)sc3ccccc34)nc(-c3ccccc3N3c4ccc5ccccc5c4-c4cccc5cccc3c45)n2)cc1. The molecular weight excluding hydrogens is 653 g/mol. The van der Waals surface area contributed by atoms with Crippen LogP contribution in [0.1, 0.15) is 0 Å². The van der Waals surface area contributed by atoms with Gasteiger partial charge in [-0.05, 0) is 58.1 Å². The molecule has 0 amide bonds. The van der Waals surface area contributed by atoms with Crippen LogP contribution in [0.5, 0.6) is 0 Å². The Hall–Kier alpha value is -6.69. The number of benzene rings is 8. The van der Waals surface area contributed by atoms with Crippen molar-refractivity contribution in [1.82, 2.24) is 15.0 Å². The molecule has 10 aromatic rings. The van der Waals surface area contributed by atoms with Gasteiger partial charge in [0.05, 0.1) is 17.1 Å². The molecule has 0 unspecified atom stereocenters. The summed E-state index contributed by atoms with van der Waals surface area (Å²) in [7, 11) is 0. The van der Waals surface area contributed by atoms with E-state index >= 15 is 0 Å². The Morgan fingerprint density at radius 2 is 1.04 bits per heavy atom. The van der Waals surface area contributed by atoms with Gasteiger partial charge in [0.25, 0.3) is 0 Å². The van der Waals surface area contributed by atoms with Crippen LogP contribution < -0.4 is 4.90 Å². The molecule has 3 heterocycles. The average Bonchev–Trinajstić information content (AvgIpc) is 3.59. The molecule has 5 heteroatoms. The second-order valence-corrected chi connectivity index (χ2v) is 14.3. The van der Waals surface area contributed by atoms with Gasteiger partial charge in [-0.2, -0.15) is 0 Å². The van der Waals surface area contributed by atoms with Gasteiger partial charge in [-0.1, -0.05) is 133 Å². The van der Waals surface area contributed by atoms with Crippen LogP contribution >= 0.6 is 11.3 Å². The van der Waals surface area contributed by atoms with Crippen LogP contribution in [-0.4, -0.2) is 15.0 Å². The molecule has 0 aliphatic carbocycles. The van der Waals surface area contributed by atoms with Gasteiger partial charge in [-0.15, -0.1) is 11.3 Å². The summed E-state index contributed by atoms with van der Waals surface area (Å²) in [4.78, 5) is 18.0. The van der Waals surface area contributed by atoms with E-state index in [0.717, 1.165) is 33.8 Å². The summed E-state index contributed by atoms with van der Waals surface area (Å²) < 4.78 is 2.49. The molecule has 0 saturated heterocycles. The third-order valence-corrected chi connectivity index (χ3v) is 11.4. The van der Waals surface area contributed by atoms with Gasteiger partial charge < -0.3 is 4.90 Å². The zero-order valence-electron chi connectivity index (χ0n) is 27.9. The van der Waals surface area contributed by atoms with Gasteiger partial charge in [0.1, 0.15) is 0 Å². The summed E-state index contributed by atoms with van der Waals surface area (Å²) in [6.07, 6.45) is 0. The van der Waals surface area contributed by atoms with Gasteiger partial charge >= 0.3 is 0 Å². The third-order valence-electron chi connectivity index (χ3n) is 10.2. The molecule has 2 aromatic heterocycles. The molecule has 1 aliphatic heterocycles. The fourth-order valence-corrected chi connectivity index (χ4v) is 9.04. The molecule has 11 rings (SSSR count). The zero-order valence-corrected chi connectivity index (χ0v) is 28.7. The topological polar surface area (TPSA) is 41.9 Å². The maximum atomic E-state index is 5.27. The number of hydrogen-bond acceptors (Lipinski definition) is 5. The number of anilines is 3. The lowest BCUT2D eigenvalue weighted by Gasteiger charge is -2.35. The minimum atomic E-state index is 0.629. The van der Waals surface area contributed by atoms with Crippen molar-refractivity contribution in [1.29, 1.82) is 0 Å². The lowest BCUT2D eigenvalue weighted by atomic mass is 9.87. The van der Waals surface area contributed by atoms with Crippen LogP contribution in [0.3, 0.4) is 0 Å². The first-order chi connectivity index (χ1) is 25.8. The maximum absolute atomic E-state index is 5.27. The Morgan fingerprint density at radius 1 is 0.385 bits per heavy atom. The number of aromatic nitrogens is 3. The monoisotopic (exact) mass is 680 g/mol. The first-order valence-electron chi connectivity index (χ1n) is 17.5. The van der Waals surface area contributed by atoms with Gasteiger partial charge in [-0.3, -0.25) is 0 Å². The van der Waals surface area contributed by atoms with Crippen LogP contribution in [0.2, 0.25) is 0 Å². The van der Waals surface area contributed by atoms with E-state index in [1.54, 1.807) is 11.3 Å². The van der Waals surface area contributed by atoms with Crippen molar-refractivity contribution in [2.24, 2.45) is 0 Å².